The van der Waals surface area contributed by atoms with E-state index in [4.69, 9.17) is 11.1 Å². The minimum absolute atomic E-state index is 0.305. The van der Waals surface area contributed by atoms with Crippen LogP contribution in [0.4, 0.5) is 0 Å². The number of nitrogens with one attached hydrogen (secondary N) is 1. The first-order valence-corrected chi connectivity index (χ1v) is 9.93. The second kappa shape index (κ2) is 6.04. The van der Waals surface area contributed by atoms with E-state index in [1.807, 2.05) is 0 Å². The van der Waals surface area contributed by atoms with Gasteiger partial charge in [0, 0.05) is 11.9 Å². The monoisotopic (exact) mass is 328 g/mol. The molecule has 24 heavy (non-hydrogen) atoms. The van der Waals surface area contributed by atoms with Crippen molar-refractivity contribution in [2.45, 2.75) is 72.6 Å². The van der Waals surface area contributed by atoms with Crippen LogP contribution in [0.3, 0.4) is 0 Å². The van der Waals surface area contributed by atoms with Gasteiger partial charge in [0.05, 0.1) is 0 Å². The average molecular weight is 329 g/mol. The summed E-state index contributed by atoms with van der Waals surface area (Å²) in [5.41, 5.74) is 10.5. The van der Waals surface area contributed by atoms with Gasteiger partial charge in [-0.1, -0.05) is 46.3 Å². The number of hydrogen-bond donors (Lipinski definition) is 2. The Balaban J connectivity index is 1.86. The number of allylic oxidation sites excluding steroid dienone is 3. The van der Waals surface area contributed by atoms with Crippen molar-refractivity contribution in [1.82, 2.24) is 0 Å². The molecule has 2 heteroatoms. The van der Waals surface area contributed by atoms with Gasteiger partial charge in [-0.15, -0.1) is 0 Å². The number of nitrogens with two attached hydrogens (primary N) is 1. The first kappa shape index (κ1) is 17.8. The number of fused-ring (bicyclic) bond motifs is 1. The molecule has 0 amide bonds. The Labute approximate surface area is 148 Å². The lowest BCUT2D eigenvalue weighted by atomic mass is 9.52. The Kier molecular flexibility index (Phi) is 4.47. The summed E-state index contributed by atoms with van der Waals surface area (Å²) in [7, 11) is 0. The van der Waals surface area contributed by atoms with E-state index < -0.39 is 0 Å². The summed E-state index contributed by atoms with van der Waals surface area (Å²) in [4.78, 5) is 0. The molecule has 3 rings (SSSR count). The highest BCUT2D eigenvalue weighted by molar-refractivity contribution is 5.77. The van der Waals surface area contributed by atoms with Crippen molar-refractivity contribution in [3.8, 4) is 0 Å². The molecule has 0 radical (unpaired) electrons. The lowest BCUT2D eigenvalue weighted by Gasteiger charge is -2.52. The zero-order valence-corrected chi connectivity index (χ0v) is 16.1. The van der Waals surface area contributed by atoms with Crippen LogP contribution in [0.2, 0.25) is 0 Å². The second-order valence-electron chi connectivity index (χ2n) is 9.43. The van der Waals surface area contributed by atoms with Gasteiger partial charge in [-0.05, 0) is 78.6 Å². The van der Waals surface area contributed by atoms with Gasteiger partial charge in [-0.25, -0.2) is 0 Å². The molecule has 6 atom stereocenters. The van der Waals surface area contributed by atoms with E-state index in [0.717, 1.165) is 35.9 Å². The molecule has 2 saturated carbocycles. The fourth-order valence-corrected chi connectivity index (χ4v) is 6.44. The summed E-state index contributed by atoms with van der Waals surface area (Å²) in [5, 5.41) is 7.77. The van der Waals surface area contributed by atoms with E-state index in [1.54, 1.807) is 0 Å². The van der Waals surface area contributed by atoms with Crippen molar-refractivity contribution in [1.29, 1.82) is 5.41 Å². The highest BCUT2D eigenvalue weighted by atomic mass is 14.6. The molecule has 3 aliphatic rings. The molecule has 0 aliphatic heterocycles. The molecular formula is C22H36N2. The van der Waals surface area contributed by atoms with Gasteiger partial charge in [0.2, 0.25) is 0 Å². The molecular weight excluding hydrogens is 292 g/mol. The molecule has 0 heterocycles. The van der Waals surface area contributed by atoms with E-state index in [9.17, 15) is 0 Å². The van der Waals surface area contributed by atoms with E-state index in [-0.39, 0.29) is 0 Å². The lowest BCUT2D eigenvalue weighted by Crippen LogP contribution is -2.44. The molecule has 0 saturated heterocycles. The minimum Gasteiger partial charge on any atom is -0.402 e. The molecule has 2 nitrogen and oxygen atoms in total. The van der Waals surface area contributed by atoms with Crippen molar-refractivity contribution in [2.24, 2.45) is 40.2 Å². The average Bonchev–Trinajstić information content (AvgIpc) is 2.79. The van der Waals surface area contributed by atoms with Gasteiger partial charge in [0.1, 0.15) is 0 Å². The van der Waals surface area contributed by atoms with Crippen LogP contribution in [0.5, 0.6) is 0 Å². The zero-order chi connectivity index (χ0) is 17.7. The molecule has 0 bridgehead atoms. The SMILES string of the molecule is C=C1C(C)CC2CC(C3(C)CC(C=N)=C(N)CC3CC)CCC12C. The van der Waals surface area contributed by atoms with Gasteiger partial charge < -0.3 is 11.1 Å². The topological polar surface area (TPSA) is 49.9 Å². The summed E-state index contributed by atoms with van der Waals surface area (Å²) in [6.45, 7) is 14.1. The Morgan fingerprint density at radius 2 is 2.00 bits per heavy atom. The maximum atomic E-state index is 7.77. The van der Waals surface area contributed by atoms with Crippen molar-refractivity contribution in [3.05, 3.63) is 23.4 Å². The van der Waals surface area contributed by atoms with Gasteiger partial charge in [-0.3, -0.25) is 0 Å². The maximum Gasteiger partial charge on any atom is 0.0227 e. The third kappa shape index (κ3) is 2.48. The van der Waals surface area contributed by atoms with E-state index >= 15 is 0 Å². The van der Waals surface area contributed by atoms with Crippen molar-refractivity contribution < 1.29 is 0 Å². The Bertz CT molecular complexity index is 575. The largest absolute Gasteiger partial charge is 0.402 e. The molecule has 3 aliphatic carbocycles. The highest BCUT2D eigenvalue weighted by Crippen LogP contribution is 2.62. The second-order valence-corrected chi connectivity index (χ2v) is 9.43. The number of hydrogen-bond acceptors (Lipinski definition) is 2. The smallest absolute Gasteiger partial charge is 0.0227 e. The molecule has 134 valence electrons. The molecule has 0 spiro atoms. The third-order valence-corrected chi connectivity index (χ3v) is 8.43. The Morgan fingerprint density at radius 1 is 1.29 bits per heavy atom. The maximum absolute atomic E-state index is 7.77. The minimum atomic E-state index is 0.305. The van der Waals surface area contributed by atoms with E-state index in [1.165, 1.54) is 43.9 Å². The molecule has 6 unspecified atom stereocenters. The van der Waals surface area contributed by atoms with E-state index in [2.05, 4.69) is 34.3 Å². The first-order chi connectivity index (χ1) is 11.3. The van der Waals surface area contributed by atoms with Crippen LogP contribution >= 0.6 is 0 Å². The molecule has 0 aromatic carbocycles. The zero-order valence-electron chi connectivity index (χ0n) is 16.1. The van der Waals surface area contributed by atoms with Crippen LogP contribution in [0.1, 0.15) is 72.6 Å². The van der Waals surface area contributed by atoms with E-state index in [0.29, 0.717) is 22.7 Å². The summed E-state index contributed by atoms with van der Waals surface area (Å²) in [6, 6.07) is 0. The number of rotatable bonds is 3. The van der Waals surface area contributed by atoms with Crippen LogP contribution in [0, 0.1) is 39.9 Å². The fourth-order valence-electron chi connectivity index (χ4n) is 6.44. The van der Waals surface area contributed by atoms with Crippen LogP contribution in [0.25, 0.3) is 0 Å². The molecule has 2 fully saturated rings. The van der Waals surface area contributed by atoms with Gasteiger partial charge in [0.25, 0.3) is 0 Å². The molecule has 0 aromatic rings. The summed E-state index contributed by atoms with van der Waals surface area (Å²) in [5.74, 6) is 2.92. The first-order valence-electron chi connectivity index (χ1n) is 9.93. The molecule has 0 aromatic heterocycles. The summed E-state index contributed by atoms with van der Waals surface area (Å²) >= 11 is 0. The highest BCUT2D eigenvalue weighted by Gasteiger charge is 2.53. The van der Waals surface area contributed by atoms with Crippen molar-refractivity contribution in [3.63, 3.8) is 0 Å². The van der Waals surface area contributed by atoms with Crippen molar-refractivity contribution in [2.75, 3.05) is 0 Å². The Hall–Kier alpha value is -1.05. The summed E-state index contributed by atoms with van der Waals surface area (Å²) < 4.78 is 0. The fraction of sp³-hybridized carbons (Fsp3) is 0.773. The van der Waals surface area contributed by atoms with Gasteiger partial charge >= 0.3 is 0 Å². The van der Waals surface area contributed by atoms with Crippen molar-refractivity contribution >= 4 is 6.21 Å². The predicted molar refractivity (Wildman–Crippen MR) is 103 cm³/mol. The quantitative estimate of drug-likeness (QED) is 0.507. The third-order valence-electron chi connectivity index (χ3n) is 8.43. The summed E-state index contributed by atoms with van der Waals surface area (Å²) in [6.07, 6.45) is 10.0. The van der Waals surface area contributed by atoms with Gasteiger partial charge in [0.15, 0.2) is 0 Å². The molecule has 3 N–H and O–H groups in total. The van der Waals surface area contributed by atoms with Crippen LogP contribution in [-0.2, 0) is 0 Å². The van der Waals surface area contributed by atoms with Crippen LogP contribution in [-0.4, -0.2) is 6.21 Å². The van der Waals surface area contributed by atoms with Crippen LogP contribution < -0.4 is 5.73 Å². The van der Waals surface area contributed by atoms with Crippen LogP contribution in [0.15, 0.2) is 23.4 Å². The Morgan fingerprint density at radius 3 is 2.62 bits per heavy atom. The normalized spacial score (nSPS) is 46.1. The van der Waals surface area contributed by atoms with Gasteiger partial charge in [-0.2, -0.15) is 0 Å². The lowest BCUT2D eigenvalue weighted by molar-refractivity contribution is 0.00764. The predicted octanol–water partition coefficient (Wildman–Crippen LogP) is 5.69. The standard InChI is InChI=1S/C22H36N2/c1-6-17-11-20(24)16(13-23)12-22(17,5)18-7-8-21(4)15(3)14(2)9-19(21)10-18/h13-14,17-19,23H,3,6-12,24H2,1-2,4-5H3.